The van der Waals surface area contributed by atoms with Crippen molar-refractivity contribution < 1.29 is 18.7 Å². The van der Waals surface area contributed by atoms with Gasteiger partial charge >= 0.3 is 0 Å². The predicted octanol–water partition coefficient (Wildman–Crippen LogP) is 4.65. The molecule has 0 unspecified atom stereocenters. The molecule has 3 heterocycles. The topological polar surface area (TPSA) is 96.2 Å². The lowest BCUT2D eigenvalue weighted by atomic mass is 9.91. The molecule has 1 saturated carbocycles. The molecule has 0 radical (unpaired) electrons. The van der Waals surface area contributed by atoms with Crippen molar-refractivity contribution in [1.29, 1.82) is 0 Å². The van der Waals surface area contributed by atoms with Crippen LogP contribution in [0.25, 0.3) is 11.1 Å². The molecule has 2 aromatic carbocycles. The Balaban J connectivity index is 1.23. The van der Waals surface area contributed by atoms with Crippen LogP contribution < -0.4 is 15.8 Å². The van der Waals surface area contributed by atoms with Gasteiger partial charge in [-0.15, -0.1) is 0 Å². The summed E-state index contributed by atoms with van der Waals surface area (Å²) < 4.78 is 26.1. The first-order valence-electron chi connectivity index (χ1n) is 16.7. The highest BCUT2D eigenvalue weighted by Gasteiger charge is 2.24. The van der Waals surface area contributed by atoms with E-state index < -0.39 is 11.7 Å². The van der Waals surface area contributed by atoms with Crippen LogP contribution >= 0.6 is 0 Å². The fourth-order valence-corrected chi connectivity index (χ4v) is 6.71. The second-order valence-electron chi connectivity index (χ2n) is 13.0. The second-order valence-corrected chi connectivity index (χ2v) is 13.0. The lowest BCUT2D eigenvalue weighted by molar-refractivity contribution is 0.0342. The minimum Gasteiger partial charge on any atom is -0.438 e. The van der Waals surface area contributed by atoms with Crippen LogP contribution in [0.3, 0.4) is 0 Å². The van der Waals surface area contributed by atoms with E-state index in [1.807, 2.05) is 18.2 Å². The molecule has 3 N–H and O–H groups in total. The van der Waals surface area contributed by atoms with Crippen LogP contribution in [0.5, 0.6) is 11.6 Å². The molecule has 3 aliphatic rings. The molecule has 2 saturated heterocycles. The van der Waals surface area contributed by atoms with Crippen LogP contribution in [0, 0.1) is 5.82 Å². The molecule has 3 aromatic rings. The highest BCUT2D eigenvalue weighted by Crippen LogP contribution is 2.32. The molecule has 3 fully saturated rings. The molecule has 246 valence electrons. The Kier molecular flexibility index (Phi) is 10.9. The Labute approximate surface area is 271 Å². The van der Waals surface area contributed by atoms with E-state index in [-0.39, 0.29) is 23.5 Å². The summed E-state index contributed by atoms with van der Waals surface area (Å²) in [7, 11) is 2.20. The number of morpholine rings is 1. The van der Waals surface area contributed by atoms with Gasteiger partial charge in [0, 0.05) is 51.4 Å². The fraction of sp³-hybridized carbons (Fsp3) is 0.500. The van der Waals surface area contributed by atoms with Crippen molar-refractivity contribution in [3.05, 3.63) is 77.2 Å². The maximum absolute atomic E-state index is 14.3. The van der Waals surface area contributed by atoms with Gasteiger partial charge < -0.3 is 25.4 Å². The molecule has 1 amide bonds. The summed E-state index contributed by atoms with van der Waals surface area (Å²) in [4.78, 5) is 24.8. The molecule has 0 spiro atoms. The molecule has 2 aliphatic heterocycles. The van der Waals surface area contributed by atoms with Crippen molar-refractivity contribution in [2.24, 2.45) is 5.73 Å². The average Bonchev–Trinajstić information content (AvgIpc) is 3.27. The summed E-state index contributed by atoms with van der Waals surface area (Å²) in [5, 5.41) is 3.03. The molecular formula is C36H47FN6O3. The summed E-state index contributed by atoms with van der Waals surface area (Å²) >= 11 is 0. The van der Waals surface area contributed by atoms with Gasteiger partial charge in [-0.3, -0.25) is 14.6 Å². The quantitative estimate of drug-likeness (QED) is 0.353. The number of hydrogen-bond donors (Lipinski definition) is 2. The van der Waals surface area contributed by atoms with Gasteiger partial charge in [-0.05, 0) is 92.7 Å². The largest absolute Gasteiger partial charge is 0.438 e. The lowest BCUT2D eigenvalue weighted by Crippen LogP contribution is -2.40. The van der Waals surface area contributed by atoms with E-state index in [4.69, 9.17) is 15.2 Å². The minimum atomic E-state index is -0.586. The monoisotopic (exact) mass is 630 g/mol. The number of pyridine rings is 1. The van der Waals surface area contributed by atoms with Gasteiger partial charge in [0.15, 0.2) is 0 Å². The number of carbonyl (C=O) groups is 1. The Morgan fingerprint density at radius 1 is 0.978 bits per heavy atom. The van der Waals surface area contributed by atoms with Gasteiger partial charge in [0.2, 0.25) is 5.88 Å². The smallest absolute Gasteiger partial charge is 0.257 e. The normalized spacial score (nSPS) is 21.9. The molecule has 10 heteroatoms. The standard InChI is InChI=1S/C36H47FN6O3/c1-41-12-3-13-42(15-14-41)24-26-6-11-33(28(20-26)25-43-16-18-45-19-17-43)27-4-2-5-32(21-27)46-36-34(22-29(37)23-39-36)35(44)40-31-9-7-30(38)8-10-31/h2,4-6,11,20-23,30-31H,3,7-10,12-19,24-25,38H2,1H3,(H,40,44)/t30-,31-. The third-order valence-electron chi connectivity index (χ3n) is 9.41. The van der Waals surface area contributed by atoms with Crippen LogP contribution in [-0.2, 0) is 17.8 Å². The van der Waals surface area contributed by atoms with Crippen LogP contribution in [0.1, 0.15) is 53.6 Å². The maximum Gasteiger partial charge on any atom is 0.257 e. The number of amides is 1. The molecule has 9 nitrogen and oxygen atoms in total. The summed E-state index contributed by atoms with van der Waals surface area (Å²) in [6, 6.07) is 16.0. The van der Waals surface area contributed by atoms with Crippen LogP contribution in [-0.4, -0.2) is 97.2 Å². The van der Waals surface area contributed by atoms with Crippen molar-refractivity contribution >= 4 is 5.91 Å². The highest BCUT2D eigenvalue weighted by molar-refractivity contribution is 5.96. The zero-order valence-electron chi connectivity index (χ0n) is 26.9. The Bertz CT molecular complexity index is 1470. The van der Waals surface area contributed by atoms with Crippen molar-refractivity contribution in [2.45, 2.75) is 57.3 Å². The minimum absolute atomic E-state index is 0.000279. The number of hydrogen-bond acceptors (Lipinski definition) is 8. The van der Waals surface area contributed by atoms with E-state index in [9.17, 15) is 9.18 Å². The lowest BCUT2D eigenvalue weighted by Gasteiger charge is -2.28. The number of aromatic nitrogens is 1. The zero-order valence-corrected chi connectivity index (χ0v) is 26.9. The van der Waals surface area contributed by atoms with E-state index in [1.165, 1.54) is 23.6 Å². The van der Waals surface area contributed by atoms with Gasteiger partial charge in [0.25, 0.3) is 5.91 Å². The summed E-state index contributed by atoms with van der Waals surface area (Å²) in [6.45, 7) is 9.47. The number of likely N-dealkylation sites (N-methyl/N-ethyl adjacent to an activating group) is 1. The summed E-state index contributed by atoms with van der Waals surface area (Å²) in [6.07, 6.45) is 5.57. The van der Waals surface area contributed by atoms with Gasteiger partial charge in [-0.25, -0.2) is 9.37 Å². The number of rotatable bonds is 9. The first kappa shape index (κ1) is 32.5. The molecule has 1 aliphatic carbocycles. The van der Waals surface area contributed by atoms with E-state index in [2.05, 4.69) is 56.3 Å². The maximum atomic E-state index is 14.3. The first-order chi connectivity index (χ1) is 22.4. The van der Waals surface area contributed by atoms with E-state index in [0.717, 1.165) is 109 Å². The molecule has 46 heavy (non-hydrogen) atoms. The van der Waals surface area contributed by atoms with Crippen molar-refractivity contribution in [2.75, 3.05) is 59.5 Å². The van der Waals surface area contributed by atoms with Gasteiger partial charge in [0.1, 0.15) is 17.1 Å². The average molecular weight is 631 g/mol. The molecule has 6 rings (SSSR count). The Morgan fingerprint density at radius 2 is 1.78 bits per heavy atom. The number of nitrogens with zero attached hydrogens (tertiary/aromatic N) is 4. The number of halogens is 1. The van der Waals surface area contributed by atoms with E-state index >= 15 is 0 Å². The number of ether oxygens (including phenoxy) is 2. The van der Waals surface area contributed by atoms with Crippen LogP contribution in [0.4, 0.5) is 4.39 Å². The van der Waals surface area contributed by atoms with Crippen molar-refractivity contribution in [3.8, 4) is 22.8 Å². The number of carbonyl (C=O) groups excluding carboxylic acids is 1. The fourth-order valence-electron chi connectivity index (χ4n) is 6.71. The molecular weight excluding hydrogens is 583 g/mol. The SMILES string of the molecule is CN1CCCN(Cc2ccc(-c3cccc(Oc4ncc(F)cc4C(=O)N[C@H]4CC[C@H](N)CC4)c3)c(CN3CCOCC3)c2)CC1. The van der Waals surface area contributed by atoms with Crippen molar-refractivity contribution in [3.63, 3.8) is 0 Å². The third-order valence-corrected chi connectivity index (χ3v) is 9.41. The van der Waals surface area contributed by atoms with Crippen LogP contribution in [0.2, 0.25) is 0 Å². The van der Waals surface area contributed by atoms with E-state index in [0.29, 0.717) is 5.75 Å². The molecule has 1 aromatic heterocycles. The number of nitrogens with one attached hydrogen (secondary N) is 1. The number of benzene rings is 2. The number of nitrogens with two attached hydrogens (primary N) is 1. The van der Waals surface area contributed by atoms with Gasteiger partial charge in [-0.1, -0.05) is 30.3 Å². The zero-order chi connectivity index (χ0) is 31.9. The van der Waals surface area contributed by atoms with Crippen LogP contribution in [0.15, 0.2) is 54.7 Å². The summed E-state index contributed by atoms with van der Waals surface area (Å²) in [5.74, 6) is -0.366. The van der Waals surface area contributed by atoms with Gasteiger partial charge in [0.05, 0.1) is 19.4 Å². The summed E-state index contributed by atoms with van der Waals surface area (Å²) in [5.41, 5.74) is 10.8. The first-order valence-corrected chi connectivity index (χ1v) is 16.7. The van der Waals surface area contributed by atoms with E-state index in [1.54, 1.807) is 0 Å². The Morgan fingerprint density at radius 3 is 2.61 bits per heavy atom. The highest BCUT2D eigenvalue weighted by atomic mass is 19.1. The predicted molar refractivity (Wildman–Crippen MR) is 177 cm³/mol. The Hall–Kier alpha value is -3.41. The third kappa shape index (κ3) is 8.68. The molecule has 0 bridgehead atoms. The van der Waals surface area contributed by atoms with Crippen molar-refractivity contribution in [1.82, 2.24) is 25.0 Å². The molecule has 0 atom stereocenters. The second kappa shape index (κ2) is 15.5. The van der Waals surface area contributed by atoms with Gasteiger partial charge in [-0.2, -0.15) is 0 Å².